The van der Waals surface area contributed by atoms with Crippen molar-refractivity contribution in [3.05, 3.63) is 32.7 Å². The number of hydrogen-bond acceptors (Lipinski definition) is 4. The lowest BCUT2D eigenvalue weighted by Crippen LogP contribution is -2.11. The molecule has 0 amide bonds. The molecule has 0 aromatic carbocycles. The van der Waals surface area contributed by atoms with Crippen molar-refractivity contribution < 1.29 is 0 Å². The number of thiophene rings is 1. The van der Waals surface area contributed by atoms with Crippen molar-refractivity contribution in [3.63, 3.8) is 0 Å². The smallest absolute Gasteiger partial charge is 0.0964 e. The molecule has 80 valence electrons. The van der Waals surface area contributed by atoms with Gasteiger partial charge < -0.3 is 5.32 Å². The summed E-state index contributed by atoms with van der Waals surface area (Å²) in [6, 6.07) is 2.12. The number of hydrogen-bond donors (Lipinski definition) is 1. The highest BCUT2D eigenvalue weighted by Gasteiger charge is 1.99. The Morgan fingerprint density at radius 2 is 2.40 bits per heavy atom. The zero-order valence-electron chi connectivity index (χ0n) is 8.27. The Hall–Kier alpha value is -0.720. The molecule has 0 aliphatic rings. The van der Waals surface area contributed by atoms with Gasteiger partial charge in [-0.3, -0.25) is 4.68 Å². The molecule has 4 nitrogen and oxygen atoms in total. The molecule has 0 saturated heterocycles. The van der Waals surface area contributed by atoms with Crippen LogP contribution in [0.3, 0.4) is 0 Å². The van der Waals surface area contributed by atoms with Crippen LogP contribution in [0.25, 0.3) is 0 Å². The zero-order chi connectivity index (χ0) is 10.7. The SMILES string of the molecule is Cn1cc(CNCc2cc(Br)cs2)nn1. The molecule has 0 fully saturated rings. The average Bonchev–Trinajstić information content (AvgIpc) is 2.76. The van der Waals surface area contributed by atoms with E-state index in [2.05, 4.69) is 43.0 Å². The number of aryl methyl sites for hydroxylation is 1. The van der Waals surface area contributed by atoms with Crippen LogP contribution in [0.2, 0.25) is 0 Å². The molecule has 0 aliphatic carbocycles. The molecule has 0 bridgehead atoms. The molecule has 0 aliphatic heterocycles. The quantitative estimate of drug-likeness (QED) is 0.934. The van der Waals surface area contributed by atoms with E-state index in [9.17, 15) is 0 Å². The first-order valence-corrected chi connectivity index (χ1v) is 6.20. The first kappa shape index (κ1) is 10.8. The summed E-state index contributed by atoms with van der Waals surface area (Å²) < 4.78 is 2.85. The van der Waals surface area contributed by atoms with Crippen molar-refractivity contribution in [3.8, 4) is 0 Å². The van der Waals surface area contributed by atoms with Crippen LogP contribution in [0.15, 0.2) is 22.1 Å². The summed E-state index contributed by atoms with van der Waals surface area (Å²) in [7, 11) is 1.87. The van der Waals surface area contributed by atoms with Gasteiger partial charge in [0.25, 0.3) is 0 Å². The summed E-state index contributed by atoms with van der Waals surface area (Å²) >= 11 is 5.17. The third-order valence-electron chi connectivity index (χ3n) is 1.88. The van der Waals surface area contributed by atoms with Gasteiger partial charge in [-0.2, -0.15) is 0 Å². The second kappa shape index (κ2) is 4.87. The fourth-order valence-electron chi connectivity index (χ4n) is 1.24. The van der Waals surface area contributed by atoms with Crippen molar-refractivity contribution >= 4 is 27.3 Å². The first-order valence-electron chi connectivity index (χ1n) is 4.53. The molecule has 0 spiro atoms. The molecule has 1 N–H and O–H groups in total. The Labute approximate surface area is 100 Å². The van der Waals surface area contributed by atoms with E-state index in [1.807, 2.05) is 13.2 Å². The van der Waals surface area contributed by atoms with E-state index in [4.69, 9.17) is 0 Å². The largest absolute Gasteiger partial charge is 0.306 e. The van der Waals surface area contributed by atoms with Gasteiger partial charge in [-0.05, 0) is 22.0 Å². The van der Waals surface area contributed by atoms with Crippen molar-refractivity contribution in [2.45, 2.75) is 13.1 Å². The summed E-state index contributed by atoms with van der Waals surface area (Å²) in [6.07, 6.45) is 1.91. The van der Waals surface area contributed by atoms with Crippen LogP contribution in [0.5, 0.6) is 0 Å². The van der Waals surface area contributed by atoms with E-state index in [1.54, 1.807) is 16.0 Å². The first-order chi connectivity index (χ1) is 7.24. The maximum Gasteiger partial charge on any atom is 0.0964 e. The van der Waals surface area contributed by atoms with Crippen LogP contribution in [0.1, 0.15) is 10.6 Å². The average molecular weight is 287 g/mol. The molecule has 2 aromatic heterocycles. The molecule has 2 rings (SSSR count). The molecule has 15 heavy (non-hydrogen) atoms. The normalized spacial score (nSPS) is 10.8. The fourth-order valence-corrected chi connectivity index (χ4v) is 2.66. The molecule has 6 heteroatoms. The Bertz CT molecular complexity index is 397. The summed E-state index contributed by atoms with van der Waals surface area (Å²) in [5.74, 6) is 0. The Kier molecular flexibility index (Phi) is 3.50. The molecule has 0 atom stereocenters. The summed E-state index contributed by atoms with van der Waals surface area (Å²) in [4.78, 5) is 1.31. The highest BCUT2D eigenvalue weighted by Crippen LogP contribution is 2.19. The fraction of sp³-hybridized carbons (Fsp3) is 0.333. The highest BCUT2D eigenvalue weighted by atomic mass is 79.9. The minimum absolute atomic E-state index is 0.753. The van der Waals surface area contributed by atoms with Gasteiger partial charge in [-0.1, -0.05) is 5.21 Å². The molecular weight excluding hydrogens is 276 g/mol. The third kappa shape index (κ3) is 3.12. The van der Waals surface area contributed by atoms with Crippen molar-refractivity contribution in [2.24, 2.45) is 7.05 Å². The van der Waals surface area contributed by atoms with Gasteiger partial charge in [-0.25, -0.2) is 0 Å². The number of nitrogens with zero attached hydrogens (tertiary/aromatic N) is 3. The van der Waals surface area contributed by atoms with Crippen LogP contribution < -0.4 is 5.32 Å². The second-order valence-corrected chi connectivity index (χ2v) is 5.13. The van der Waals surface area contributed by atoms with Gasteiger partial charge in [0.2, 0.25) is 0 Å². The maximum atomic E-state index is 4.00. The van der Waals surface area contributed by atoms with E-state index >= 15 is 0 Å². The van der Waals surface area contributed by atoms with Gasteiger partial charge in [0.15, 0.2) is 0 Å². The number of halogens is 1. The Morgan fingerprint density at radius 1 is 1.53 bits per heavy atom. The lowest BCUT2D eigenvalue weighted by molar-refractivity contribution is 0.679. The van der Waals surface area contributed by atoms with Gasteiger partial charge in [0, 0.05) is 41.1 Å². The minimum atomic E-state index is 0.753. The van der Waals surface area contributed by atoms with E-state index in [0.29, 0.717) is 0 Å². The van der Waals surface area contributed by atoms with Crippen LogP contribution in [0, 0.1) is 0 Å². The lowest BCUT2D eigenvalue weighted by atomic mass is 10.4. The van der Waals surface area contributed by atoms with Gasteiger partial charge in [0.1, 0.15) is 0 Å². The summed E-state index contributed by atoms with van der Waals surface area (Å²) in [5, 5.41) is 13.3. The van der Waals surface area contributed by atoms with Crippen LogP contribution >= 0.6 is 27.3 Å². The van der Waals surface area contributed by atoms with E-state index in [-0.39, 0.29) is 0 Å². The summed E-state index contributed by atoms with van der Waals surface area (Å²) in [6.45, 7) is 1.62. The zero-order valence-corrected chi connectivity index (χ0v) is 10.7. The lowest BCUT2D eigenvalue weighted by Gasteiger charge is -1.98. The maximum absolute atomic E-state index is 4.00. The number of aromatic nitrogens is 3. The van der Waals surface area contributed by atoms with E-state index in [0.717, 1.165) is 23.3 Å². The molecule has 2 aromatic rings. The Balaban J connectivity index is 1.80. The minimum Gasteiger partial charge on any atom is -0.306 e. The number of rotatable bonds is 4. The van der Waals surface area contributed by atoms with Crippen LogP contribution in [-0.4, -0.2) is 15.0 Å². The van der Waals surface area contributed by atoms with Crippen LogP contribution in [-0.2, 0) is 20.1 Å². The van der Waals surface area contributed by atoms with Crippen molar-refractivity contribution in [2.75, 3.05) is 0 Å². The molecule has 0 saturated carbocycles. The topological polar surface area (TPSA) is 42.7 Å². The second-order valence-electron chi connectivity index (χ2n) is 3.22. The predicted molar refractivity (Wildman–Crippen MR) is 63.6 cm³/mol. The van der Waals surface area contributed by atoms with Gasteiger partial charge in [0.05, 0.1) is 5.69 Å². The van der Waals surface area contributed by atoms with Gasteiger partial charge in [-0.15, -0.1) is 16.4 Å². The number of nitrogens with one attached hydrogen (secondary N) is 1. The molecule has 2 heterocycles. The van der Waals surface area contributed by atoms with Crippen molar-refractivity contribution in [1.29, 1.82) is 0 Å². The molecule has 0 radical (unpaired) electrons. The third-order valence-corrected chi connectivity index (χ3v) is 3.57. The monoisotopic (exact) mass is 286 g/mol. The van der Waals surface area contributed by atoms with Crippen LogP contribution in [0.4, 0.5) is 0 Å². The van der Waals surface area contributed by atoms with Crippen molar-refractivity contribution in [1.82, 2.24) is 20.3 Å². The van der Waals surface area contributed by atoms with E-state index in [1.165, 1.54) is 4.88 Å². The predicted octanol–water partition coefficient (Wildman–Crippen LogP) is 1.93. The summed E-state index contributed by atoms with van der Waals surface area (Å²) in [5.41, 5.74) is 0.966. The highest BCUT2D eigenvalue weighted by molar-refractivity contribution is 9.10. The standard InChI is InChI=1S/C9H11BrN4S/c1-14-5-8(12-13-14)3-11-4-9-2-7(10)6-15-9/h2,5-6,11H,3-4H2,1H3. The van der Waals surface area contributed by atoms with Gasteiger partial charge >= 0.3 is 0 Å². The molecular formula is C9H11BrN4S. The molecule has 0 unspecified atom stereocenters. The Morgan fingerprint density at radius 3 is 3.00 bits per heavy atom. The van der Waals surface area contributed by atoms with E-state index < -0.39 is 0 Å².